The summed E-state index contributed by atoms with van der Waals surface area (Å²) < 4.78 is 0.565. The van der Waals surface area contributed by atoms with E-state index >= 15 is 0 Å². The van der Waals surface area contributed by atoms with Crippen molar-refractivity contribution in [2.75, 3.05) is 7.05 Å². The molecule has 2 rings (SSSR count). The van der Waals surface area contributed by atoms with E-state index in [0.29, 0.717) is 11.0 Å². The van der Waals surface area contributed by atoms with Crippen LogP contribution in [0.5, 0.6) is 0 Å². The summed E-state index contributed by atoms with van der Waals surface area (Å²) in [6.45, 7) is 2.79. The molecule has 106 valence electrons. The lowest BCUT2D eigenvalue weighted by molar-refractivity contribution is -0.385. The molecule has 0 aliphatic heterocycles. The first-order valence-electron chi connectivity index (χ1n) is 6.16. The highest BCUT2D eigenvalue weighted by atomic mass is 79.9. The van der Waals surface area contributed by atoms with Gasteiger partial charge in [-0.05, 0) is 46.9 Å². The number of benzene rings is 1. The van der Waals surface area contributed by atoms with Gasteiger partial charge in [-0.3, -0.25) is 15.0 Å². The zero-order chi connectivity index (χ0) is 14.7. The van der Waals surface area contributed by atoms with E-state index in [2.05, 4.69) is 39.2 Å². The Hall–Kier alpha value is -1.24. The topological polar surface area (TPSA) is 46.4 Å². The Morgan fingerprint density at radius 1 is 1.40 bits per heavy atom. The summed E-state index contributed by atoms with van der Waals surface area (Å²) in [6.07, 6.45) is 0. The largest absolute Gasteiger partial charge is 0.295 e. The average Bonchev–Trinajstić information content (AvgIpc) is 2.93. The summed E-state index contributed by atoms with van der Waals surface area (Å²) in [7, 11) is 2.02. The summed E-state index contributed by atoms with van der Waals surface area (Å²) >= 11 is 5.06. The van der Waals surface area contributed by atoms with E-state index in [4.69, 9.17) is 0 Å². The molecule has 0 fully saturated rings. The predicted molar refractivity (Wildman–Crippen MR) is 85.0 cm³/mol. The van der Waals surface area contributed by atoms with Crippen LogP contribution in [0.2, 0.25) is 0 Å². The highest BCUT2D eigenvalue weighted by Gasteiger charge is 2.18. The Morgan fingerprint density at radius 3 is 2.75 bits per heavy atom. The monoisotopic (exact) mass is 354 g/mol. The van der Waals surface area contributed by atoms with Crippen LogP contribution in [-0.2, 0) is 6.54 Å². The van der Waals surface area contributed by atoms with E-state index in [1.807, 2.05) is 19.2 Å². The van der Waals surface area contributed by atoms with Crippen LogP contribution in [0.1, 0.15) is 23.4 Å². The molecular weight excluding hydrogens is 340 g/mol. The second kappa shape index (κ2) is 6.47. The van der Waals surface area contributed by atoms with Crippen molar-refractivity contribution in [1.29, 1.82) is 0 Å². The van der Waals surface area contributed by atoms with E-state index in [9.17, 15) is 10.1 Å². The van der Waals surface area contributed by atoms with Gasteiger partial charge in [0.05, 0.1) is 9.40 Å². The lowest BCUT2D eigenvalue weighted by Crippen LogP contribution is -2.21. The standard InChI is InChI=1S/C14H15BrN2O2S/c1-10(13-7-4-8-20-13)16(2)9-11-5-3-6-12(14(11)15)17(18)19/h3-8,10H,9H2,1-2H3. The third-order valence-electron chi connectivity index (χ3n) is 3.29. The Bertz CT molecular complexity index is 601. The maximum atomic E-state index is 10.9. The zero-order valence-corrected chi connectivity index (χ0v) is 13.6. The van der Waals surface area contributed by atoms with Crippen molar-refractivity contribution >= 4 is 33.0 Å². The van der Waals surface area contributed by atoms with Crippen LogP contribution in [0.25, 0.3) is 0 Å². The van der Waals surface area contributed by atoms with Gasteiger partial charge in [0.2, 0.25) is 0 Å². The first kappa shape index (κ1) is 15.2. The average molecular weight is 355 g/mol. The summed E-state index contributed by atoms with van der Waals surface area (Å²) in [5.41, 5.74) is 1.03. The van der Waals surface area contributed by atoms with Crippen LogP contribution < -0.4 is 0 Å². The van der Waals surface area contributed by atoms with Crippen LogP contribution in [0, 0.1) is 10.1 Å². The SMILES string of the molecule is CC(c1cccs1)N(C)Cc1cccc([N+](=O)[O-])c1Br. The van der Waals surface area contributed by atoms with Gasteiger partial charge in [-0.1, -0.05) is 18.2 Å². The van der Waals surface area contributed by atoms with Crippen LogP contribution in [0.4, 0.5) is 5.69 Å². The molecule has 0 spiro atoms. The molecule has 6 heteroatoms. The number of nitro benzene ring substituents is 1. The van der Waals surface area contributed by atoms with Crippen LogP contribution in [0.15, 0.2) is 40.2 Å². The molecule has 0 aliphatic rings. The predicted octanol–water partition coefficient (Wildman–Crippen LogP) is 4.61. The second-order valence-corrected chi connectivity index (χ2v) is 6.39. The Kier molecular flexibility index (Phi) is 4.91. The third kappa shape index (κ3) is 3.26. The molecule has 2 aromatic rings. The van der Waals surface area contributed by atoms with E-state index in [1.54, 1.807) is 17.4 Å². The molecule has 0 saturated heterocycles. The molecule has 0 radical (unpaired) electrons. The number of nitro groups is 1. The number of hydrogen-bond acceptors (Lipinski definition) is 4. The minimum absolute atomic E-state index is 0.111. The van der Waals surface area contributed by atoms with Crippen molar-refractivity contribution in [1.82, 2.24) is 4.90 Å². The highest BCUT2D eigenvalue weighted by molar-refractivity contribution is 9.10. The zero-order valence-electron chi connectivity index (χ0n) is 11.2. The Morgan fingerprint density at radius 2 is 2.15 bits per heavy atom. The van der Waals surface area contributed by atoms with E-state index in [-0.39, 0.29) is 16.7 Å². The number of thiophene rings is 1. The summed E-state index contributed by atoms with van der Waals surface area (Å²) in [5.74, 6) is 0. The normalized spacial score (nSPS) is 12.6. The molecule has 1 unspecified atom stereocenters. The molecule has 0 N–H and O–H groups in total. The molecular formula is C14H15BrN2O2S. The van der Waals surface area contributed by atoms with Gasteiger partial charge < -0.3 is 0 Å². The van der Waals surface area contributed by atoms with Gasteiger partial charge in [-0.2, -0.15) is 0 Å². The molecule has 1 aromatic carbocycles. The number of halogens is 1. The first-order valence-corrected chi connectivity index (χ1v) is 7.83. The molecule has 0 bridgehead atoms. The summed E-state index contributed by atoms with van der Waals surface area (Å²) in [6, 6.07) is 9.57. The minimum Gasteiger partial charge on any atom is -0.295 e. The molecule has 0 amide bonds. The molecule has 0 aliphatic carbocycles. The van der Waals surface area contributed by atoms with Gasteiger partial charge in [0.15, 0.2) is 0 Å². The molecule has 0 saturated carbocycles. The quantitative estimate of drug-likeness (QED) is 0.581. The Labute approximate surface area is 130 Å². The van der Waals surface area contributed by atoms with Crippen LogP contribution in [0.3, 0.4) is 0 Å². The summed E-state index contributed by atoms with van der Waals surface area (Å²) in [5, 5.41) is 13.0. The maximum Gasteiger partial charge on any atom is 0.283 e. The molecule has 1 aromatic heterocycles. The highest BCUT2D eigenvalue weighted by Crippen LogP contribution is 2.31. The fourth-order valence-corrected chi connectivity index (χ4v) is 3.36. The lowest BCUT2D eigenvalue weighted by Gasteiger charge is -2.24. The third-order valence-corrected chi connectivity index (χ3v) is 5.25. The maximum absolute atomic E-state index is 10.9. The van der Waals surface area contributed by atoms with Crippen molar-refractivity contribution in [2.45, 2.75) is 19.5 Å². The molecule has 1 atom stereocenters. The lowest BCUT2D eigenvalue weighted by atomic mass is 10.1. The first-order chi connectivity index (χ1) is 9.50. The van der Waals surface area contributed by atoms with Gasteiger partial charge in [0, 0.05) is 23.5 Å². The van der Waals surface area contributed by atoms with Gasteiger partial charge >= 0.3 is 0 Å². The van der Waals surface area contributed by atoms with Crippen molar-refractivity contribution in [3.63, 3.8) is 0 Å². The number of rotatable bonds is 5. The van der Waals surface area contributed by atoms with Crippen molar-refractivity contribution in [3.05, 3.63) is 60.7 Å². The number of hydrogen-bond donors (Lipinski definition) is 0. The van der Waals surface area contributed by atoms with Gasteiger partial charge in [0.25, 0.3) is 5.69 Å². The van der Waals surface area contributed by atoms with Crippen molar-refractivity contribution < 1.29 is 4.92 Å². The fraction of sp³-hybridized carbons (Fsp3) is 0.286. The molecule has 1 heterocycles. The Balaban J connectivity index is 2.18. The minimum atomic E-state index is -0.365. The van der Waals surface area contributed by atoms with Gasteiger partial charge in [0.1, 0.15) is 0 Å². The van der Waals surface area contributed by atoms with Crippen LogP contribution in [-0.4, -0.2) is 16.9 Å². The van der Waals surface area contributed by atoms with Gasteiger partial charge in [-0.25, -0.2) is 0 Å². The fourth-order valence-electron chi connectivity index (χ4n) is 1.98. The van der Waals surface area contributed by atoms with E-state index in [0.717, 1.165) is 5.56 Å². The summed E-state index contributed by atoms with van der Waals surface area (Å²) in [4.78, 5) is 14.0. The molecule has 4 nitrogen and oxygen atoms in total. The van der Waals surface area contributed by atoms with Crippen molar-refractivity contribution in [3.8, 4) is 0 Å². The van der Waals surface area contributed by atoms with E-state index in [1.165, 1.54) is 10.9 Å². The smallest absolute Gasteiger partial charge is 0.283 e. The van der Waals surface area contributed by atoms with Crippen molar-refractivity contribution in [2.24, 2.45) is 0 Å². The van der Waals surface area contributed by atoms with Crippen LogP contribution >= 0.6 is 27.3 Å². The second-order valence-electron chi connectivity index (χ2n) is 4.61. The number of nitrogens with zero attached hydrogens (tertiary/aromatic N) is 2. The van der Waals surface area contributed by atoms with E-state index < -0.39 is 0 Å². The van der Waals surface area contributed by atoms with Gasteiger partial charge in [-0.15, -0.1) is 11.3 Å². The molecule has 20 heavy (non-hydrogen) atoms.